The van der Waals surface area contributed by atoms with E-state index in [-0.39, 0.29) is 0 Å². The number of nitrogens with zero attached hydrogens (tertiary/aromatic N) is 1. The van der Waals surface area contributed by atoms with Gasteiger partial charge in [0.1, 0.15) is 5.75 Å². The number of benzene rings is 2. The van der Waals surface area contributed by atoms with E-state index in [9.17, 15) is 0 Å². The lowest BCUT2D eigenvalue weighted by Gasteiger charge is -2.09. The number of hydrogen-bond donors (Lipinski definition) is 0. The average Bonchev–Trinajstić information content (AvgIpc) is 2.49. The Bertz CT molecular complexity index is 737. The molecule has 0 N–H and O–H groups in total. The molecule has 0 bridgehead atoms. The molecule has 0 spiro atoms. The quantitative estimate of drug-likeness (QED) is 0.778. The van der Waals surface area contributed by atoms with Gasteiger partial charge in [-0.25, -0.2) is 4.99 Å². The van der Waals surface area contributed by atoms with Gasteiger partial charge in [-0.3, -0.25) is 0 Å². The predicted octanol–water partition coefficient (Wildman–Crippen LogP) is 4.71. The molecule has 1 aliphatic heterocycles. The summed E-state index contributed by atoms with van der Waals surface area (Å²) in [7, 11) is 1.68. The van der Waals surface area contributed by atoms with Crippen molar-refractivity contribution in [3.05, 3.63) is 77.4 Å². The molecule has 0 saturated carbocycles. The van der Waals surface area contributed by atoms with Crippen molar-refractivity contribution in [2.75, 3.05) is 7.11 Å². The molecule has 2 aromatic rings. The van der Waals surface area contributed by atoms with Crippen LogP contribution < -0.4 is 4.74 Å². The molecular formula is C19H17NO. The van der Waals surface area contributed by atoms with Crippen LogP contribution in [0.1, 0.15) is 16.7 Å². The molecule has 3 rings (SSSR count). The van der Waals surface area contributed by atoms with E-state index in [1.54, 1.807) is 7.11 Å². The maximum atomic E-state index is 5.28. The summed E-state index contributed by atoms with van der Waals surface area (Å²) in [6.45, 7) is 2.09. The normalized spacial score (nSPS) is 16.2. The molecule has 0 aromatic heterocycles. The van der Waals surface area contributed by atoms with Crippen molar-refractivity contribution < 1.29 is 4.74 Å². The molecule has 104 valence electrons. The number of aryl methyl sites for hydroxylation is 1. The van der Waals surface area contributed by atoms with E-state index in [1.807, 2.05) is 42.5 Å². The van der Waals surface area contributed by atoms with Crippen LogP contribution in [0.5, 0.6) is 5.75 Å². The number of methoxy groups -OCH3 is 1. The maximum absolute atomic E-state index is 5.28. The average molecular weight is 275 g/mol. The molecule has 0 unspecified atom stereocenters. The largest absolute Gasteiger partial charge is 0.497 e. The Morgan fingerprint density at radius 3 is 2.43 bits per heavy atom. The number of rotatable bonds is 2. The summed E-state index contributed by atoms with van der Waals surface area (Å²) in [5.74, 6) is 0.843. The fourth-order valence-electron chi connectivity index (χ4n) is 2.25. The van der Waals surface area contributed by atoms with Gasteiger partial charge in [0.05, 0.1) is 18.5 Å². The van der Waals surface area contributed by atoms with Crippen molar-refractivity contribution in [3.63, 3.8) is 0 Å². The summed E-state index contributed by atoms with van der Waals surface area (Å²) in [6.07, 6.45) is 8.13. The second kappa shape index (κ2) is 5.80. The smallest absolute Gasteiger partial charge is 0.119 e. The number of allylic oxidation sites excluding steroid dienone is 3. The minimum absolute atomic E-state index is 0.843. The Morgan fingerprint density at radius 2 is 1.67 bits per heavy atom. The monoisotopic (exact) mass is 275 g/mol. The van der Waals surface area contributed by atoms with Crippen molar-refractivity contribution in [2.45, 2.75) is 6.92 Å². The molecule has 2 heteroatoms. The summed E-state index contributed by atoms with van der Waals surface area (Å²) in [5, 5.41) is 0. The first kappa shape index (κ1) is 13.4. The second-order valence-electron chi connectivity index (χ2n) is 5.01. The molecule has 2 nitrogen and oxygen atoms in total. The number of aliphatic imine (C=N–C) groups is 1. The second-order valence-corrected chi connectivity index (χ2v) is 5.01. The molecule has 0 radical (unpaired) electrons. The highest BCUT2D eigenvalue weighted by atomic mass is 16.5. The van der Waals surface area contributed by atoms with Crippen LogP contribution in [0.4, 0.5) is 5.69 Å². The zero-order valence-electron chi connectivity index (χ0n) is 12.2. The predicted molar refractivity (Wildman–Crippen MR) is 88.5 cm³/mol. The van der Waals surface area contributed by atoms with E-state index >= 15 is 0 Å². The van der Waals surface area contributed by atoms with Crippen molar-refractivity contribution in [1.29, 1.82) is 0 Å². The van der Waals surface area contributed by atoms with E-state index in [2.05, 4.69) is 31.2 Å². The molecule has 0 saturated heterocycles. The van der Waals surface area contributed by atoms with Crippen LogP contribution in [-0.2, 0) is 0 Å². The minimum atomic E-state index is 0.843. The Morgan fingerprint density at radius 1 is 0.905 bits per heavy atom. The summed E-state index contributed by atoms with van der Waals surface area (Å²) in [4.78, 5) is 4.80. The molecule has 21 heavy (non-hydrogen) atoms. The van der Waals surface area contributed by atoms with Gasteiger partial charge < -0.3 is 4.74 Å². The minimum Gasteiger partial charge on any atom is -0.497 e. The van der Waals surface area contributed by atoms with Crippen LogP contribution in [0.15, 0.2) is 65.7 Å². The third kappa shape index (κ3) is 2.95. The van der Waals surface area contributed by atoms with Crippen molar-refractivity contribution in [2.24, 2.45) is 4.99 Å². The van der Waals surface area contributed by atoms with Gasteiger partial charge >= 0.3 is 0 Å². The van der Waals surface area contributed by atoms with Crippen LogP contribution in [0.2, 0.25) is 0 Å². The van der Waals surface area contributed by atoms with Gasteiger partial charge in [0.2, 0.25) is 0 Å². The Labute approximate surface area is 125 Å². The zero-order valence-corrected chi connectivity index (χ0v) is 12.2. The lowest BCUT2D eigenvalue weighted by Crippen LogP contribution is -1.97. The van der Waals surface area contributed by atoms with Crippen molar-refractivity contribution in [1.82, 2.24) is 0 Å². The molecule has 0 amide bonds. The summed E-state index contributed by atoms with van der Waals surface area (Å²) < 4.78 is 5.28. The fourth-order valence-corrected chi connectivity index (χ4v) is 2.25. The van der Waals surface area contributed by atoms with Crippen LogP contribution >= 0.6 is 0 Å². The number of hydrogen-bond acceptors (Lipinski definition) is 2. The Balaban J connectivity index is 2.08. The van der Waals surface area contributed by atoms with Crippen LogP contribution in [0, 0.1) is 6.92 Å². The van der Waals surface area contributed by atoms with Gasteiger partial charge in [-0.1, -0.05) is 48.1 Å². The van der Waals surface area contributed by atoms with E-state index in [0.29, 0.717) is 0 Å². The van der Waals surface area contributed by atoms with Crippen molar-refractivity contribution in [3.8, 4) is 5.75 Å². The molecule has 0 atom stereocenters. The first-order valence-corrected chi connectivity index (χ1v) is 6.95. The van der Waals surface area contributed by atoms with Gasteiger partial charge in [-0.15, -0.1) is 0 Å². The Kier molecular flexibility index (Phi) is 3.69. The Hall–Kier alpha value is -2.61. The zero-order chi connectivity index (χ0) is 14.7. The fraction of sp³-hybridized carbons (Fsp3) is 0.105. The molecule has 0 fully saturated rings. The van der Waals surface area contributed by atoms with E-state index < -0.39 is 0 Å². The van der Waals surface area contributed by atoms with E-state index in [4.69, 9.17) is 9.73 Å². The SMILES string of the molecule is COc1ccc2c(c1)/C=C\C=C/C(c1ccc(C)cc1)=N2. The third-order valence-electron chi connectivity index (χ3n) is 3.46. The molecular weight excluding hydrogens is 258 g/mol. The molecule has 2 aromatic carbocycles. The van der Waals surface area contributed by atoms with Crippen molar-refractivity contribution >= 4 is 17.5 Å². The van der Waals surface area contributed by atoms with E-state index in [0.717, 1.165) is 28.3 Å². The van der Waals surface area contributed by atoms with Crippen LogP contribution in [-0.4, -0.2) is 12.8 Å². The van der Waals surface area contributed by atoms with Gasteiger partial charge in [-0.05, 0) is 31.2 Å². The van der Waals surface area contributed by atoms with Crippen LogP contribution in [0.3, 0.4) is 0 Å². The molecule has 0 aliphatic carbocycles. The number of ether oxygens (including phenoxy) is 1. The van der Waals surface area contributed by atoms with Crippen LogP contribution in [0.25, 0.3) is 6.08 Å². The summed E-state index contributed by atoms with van der Waals surface area (Å²) in [6, 6.07) is 14.4. The number of fused-ring (bicyclic) bond motifs is 1. The molecule has 1 heterocycles. The van der Waals surface area contributed by atoms with Gasteiger partial charge in [0, 0.05) is 11.1 Å². The first-order valence-electron chi connectivity index (χ1n) is 6.95. The lowest BCUT2D eigenvalue weighted by atomic mass is 10.1. The van der Waals surface area contributed by atoms with Gasteiger partial charge in [-0.2, -0.15) is 0 Å². The summed E-state index contributed by atoms with van der Waals surface area (Å²) >= 11 is 0. The third-order valence-corrected chi connectivity index (χ3v) is 3.46. The molecule has 1 aliphatic rings. The maximum Gasteiger partial charge on any atom is 0.119 e. The highest BCUT2D eigenvalue weighted by molar-refractivity contribution is 6.10. The first-order chi connectivity index (χ1) is 10.3. The lowest BCUT2D eigenvalue weighted by molar-refractivity contribution is 0.415. The van der Waals surface area contributed by atoms with E-state index in [1.165, 1.54) is 5.56 Å². The van der Waals surface area contributed by atoms with Gasteiger partial charge in [0.25, 0.3) is 0 Å². The standard InChI is InChI=1S/C19H17NO/c1-14-7-9-15(10-8-14)18-6-4-3-5-16-13-17(21-2)11-12-19(16)20-18/h3-13H,1-2H3/b4-3?,5-3-,6-4-,16-5?,18-6?,20-18?,20-19?. The highest BCUT2D eigenvalue weighted by Gasteiger charge is 2.06. The highest BCUT2D eigenvalue weighted by Crippen LogP contribution is 2.27. The summed E-state index contributed by atoms with van der Waals surface area (Å²) in [5.41, 5.74) is 5.34. The van der Waals surface area contributed by atoms with Gasteiger partial charge in [0.15, 0.2) is 0 Å². The topological polar surface area (TPSA) is 21.6 Å².